The Bertz CT molecular complexity index is 1140. The van der Waals surface area contributed by atoms with Crippen LogP contribution in [0.3, 0.4) is 0 Å². The fourth-order valence-electron chi connectivity index (χ4n) is 2.76. The first kappa shape index (κ1) is 22.5. The van der Waals surface area contributed by atoms with Crippen LogP contribution in [0.2, 0.25) is 4.34 Å². The maximum Gasteiger partial charge on any atom is 0.273 e. The standard InChI is InChI=1S/C23H22ClN3O3S/c1-14-7-6-10-19(15(14)2)30-13-22(28)25-18-9-5-4-8-17(18)23(29)27-26-16(3)20-11-12-21(24)31-20/h4-12H,13H2,1-3H3,(H,25,28)(H,27,29)/b26-16+. The Hall–Kier alpha value is -3.16. The van der Waals surface area contributed by atoms with Gasteiger partial charge in [-0.3, -0.25) is 9.59 Å². The van der Waals surface area contributed by atoms with Crippen LogP contribution in [-0.4, -0.2) is 24.1 Å². The average molecular weight is 456 g/mol. The second-order valence-corrected chi connectivity index (χ2v) is 8.54. The maximum atomic E-state index is 12.6. The molecule has 0 unspecified atom stereocenters. The van der Waals surface area contributed by atoms with Crippen molar-refractivity contribution in [3.05, 3.63) is 80.5 Å². The predicted molar refractivity (Wildman–Crippen MR) is 125 cm³/mol. The van der Waals surface area contributed by atoms with Crippen molar-refractivity contribution in [3.63, 3.8) is 0 Å². The number of halogens is 1. The third kappa shape index (κ3) is 5.93. The van der Waals surface area contributed by atoms with Crippen molar-refractivity contribution in [2.75, 3.05) is 11.9 Å². The minimum atomic E-state index is -0.437. The molecule has 3 rings (SSSR count). The average Bonchev–Trinajstić information content (AvgIpc) is 3.19. The topological polar surface area (TPSA) is 79.8 Å². The Morgan fingerprint density at radius 2 is 1.84 bits per heavy atom. The van der Waals surface area contributed by atoms with Gasteiger partial charge >= 0.3 is 0 Å². The van der Waals surface area contributed by atoms with Crippen LogP contribution in [0, 0.1) is 13.8 Å². The second kappa shape index (κ2) is 10.2. The van der Waals surface area contributed by atoms with Crippen LogP contribution in [0.25, 0.3) is 0 Å². The van der Waals surface area contributed by atoms with Gasteiger partial charge in [0.1, 0.15) is 5.75 Å². The summed E-state index contributed by atoms with van der Waals surface area (Å²) >= 11 is 7.31. The van der Waals surface area contributed by atoms with Crippen molar-refractivity contribution in [3.8, 4) is 5.75 Å². The minimum absolute atomic E-state index is 0.170. The number of hydrazone groups is 1. The number of hydrogen-bond donors (Lipinski definition) is 2. The smallest absolute Gasteiger partial charge is 0.273 e. The van der Waals surface area contributed by atoms with Crippen molar-refractivity contribution < 1.29 is 14.3 Å². The molecule has 0 aliphatic rings. The first-order valence-corrected chi connectivity index (χ1v) is 10.7. The highest BCUT2D eigenvalue weighted by atomic mass is 35.5. The minimum Gasteiger partial charge on any atom is -0.483 e. The Balaban J connectivity index is 1.64. The molecular formula is C23H22ClN3O3S. The maximum absolute atomic E-state index is 12.6. The Kier molecular flexibility index (Phi) is 7.44. The lowest BCUT2D eigenvalue weighted by atomic mass is 10.1. The van der Waals surface area contributed by atoms with Crippen LogP contribution in [0.15, 0.2) is 59.7 Å². The number of carbonyl (C=O) groups is 2. The van der Waals surface area contributed by atoms with E-state index in [1.807, 2.05) is 38.1 Å². The van der Waals surface area contributed by atoms with Gasteiger partial charge in [-0.1, -0.05) is 35.9 Å². The van der Waals surface area contributed by atoms with Crippen molar-refractivity contribution in [1.29, 1.82) is 0 Å². The van der Waals surface area contributed by atoms with Gasteiger partial charge in [-0.25, -0.2) is 5.43 Å². The summed E-state index contributed by atoms with van der Waals surface area (Å²) in [4.78, 5) is 25.9. The molecule has 2 amide bonds. The van der Waals surface area contributed by atoms with Gasteiger partial charge in [0.2, 0.25) is 0 Å². The molecule has 2 N–H and O–H groups in total. The van der Waals surface area contributed by atoms with Gasteiger partial charge in [-0.15, -0.1) is 11.3 Å². The summed E-state index contributed by atoms with van der Waals surface area (Å²) in [5.74, 6) is -0.151. The molecule has 160 valence electrons. The van der Waals surface area contributed by atoms with E-state index in [0.717, 1.165) is 16.0 Å². The zero-order valence-corrected chi connectivity index (χ0v) is 18.9. The Morgan fingerprint density at radius 1 is 1.06 bits per heavy atom. The van der Waals surface area contributed by atoms with E-state index in [2.05, 4.69) is 15.8 Å². The fraction of sp³-hybridized carbons (Fsp3) is 0.174. The number of ether oxygens (including phenoxy) is 1. The number of carbonyl (C=O) groups excluding carboxylic acids is 2. The van der Waals surface area contributed by atoms with E-state index in [9.17, 15) is 9.59 Å². The molecule has 8 heteroatoms. The highest BCUT2D eigenvalue weighted by Crippen LogP contribution is 2.22. The van der Waals surface area contributed by atoms with Gasteiger partial charge in [0, 0.05) is 0 Å². The summed E-state index contributed by atoms with van der Waals surface area (Å²) < 4.78 is 6.28. The van der Waals surface area contributed by atoms with Crippen LogP contribution in [0.4, 0.5) is 5.69 Å². The highest BCUT2D eigenvalue weighted by molar-refractivity contribution is 7.18. The molecular weight excluding hydrogens is 434 g/mol. The first-order chi connectivity index (χ1) is 14.8. The van der Waals surface area contributed by atoms with Gasteiger partial charge in [0.05, 0.1) is 26.2 Å². The van der Waals surface area contributed by atoms with Crippen LogP contribution in [-0.2, 0) is 4.79 Å². The van der Waals surface area contributed by atoms with Gasteiger partial charge in [0.15, 0.2) is 6.61 Å². The van der Waals surface area contributed by atoms with Gasteiger partial charge in [0.25, 0.3) is 11.8 Å². The SMILES string of the molecule is C/C(=N\NC(=O)c1ccccc1NC(=O)COc1cccc(C)c1C)c1ccc(Cl)s1. The van der Waals surface area contributed by atoms with E-state index in [-0.39, 0.29) is 12.5 Å². The molecule has 6 nitrogen and oxygen atoms in total. The highest BCUT2D eigenvalue weighted by Gasteiger charge is 2.14. The molecule has 1 heterocycles. The number of rotatable bonds is 7. The number of nitrogens with zero attached hydrogens (tertiary/aromatic N) is 1. The van der Waals surface area contributed by atoms with Crippen molar-refractivity contribution in [1.82, 2.24) is 5.43 Å². The van der Waals surface area contributed by atoms with Crippen molar-refractivity contribution in [2.45, 2.75) is 20.8 Å². The monoisotopic (exact) mass is 455 g/mol. The second-order valence-electron chi connectivity index (χ2n) is 6.82. The van der Waals surface area contributed by atoms with Crippen LogP contribution < -0.4 is 15.5 Å². The summed E-state index contributed by atoms with van der Waals surface area (Å²) in [5.41, 5.74) is 5.89. The molecule has 2 aromatic carbocycles. The third-order valence-corrected chi connectivity index (χ3v) is 5.95. The molecule has 0 radical (unpaired) electrons. The van der Waals surface area contributed by atoms with E-state index < -0.39 is 5.91 Å². The Labute approximate surface area is 189 Å². The molecule has 0 fully saturated rings. The number of thiophene rings is 1. The van der Waals surface area contributed by atoms with Crippen LogP contribution >= 0.6 is 22.9 Å². The van der Waals surface area contributed by atoms with E-state index >= 15 is 0 Å². The molecule has 1 aromatic heterocycles. The lowest BCUT2D eigenvalue weighted by Gasteiger charge is -2.12. The molecule has 3 aromatic rings. The first-order valence-electron chi connectivity index (χ1n) is 9.53. The molecule has 0 aliphatic heterocycles. The summed E-state index contributed by atoms with van der Waals surface area (Å²) in [6, 6.07) is 16.0. The molecule has 0 saturated heterocycles. The van der Waals surface area contributed by atoms with Crippen LogP contribution in [0.1, 0.15) is 33.3 Å². The molecule has 0 saturated carbocycles. The lowest BCUT2D eigenvalue weighted by Crippen LogP contribution is -2.24. The zero-order chi connectivity index (χ0) is 22.4. The molecule has 0 atom stereocenters. The number of benzene rings is 2. The van der Waals surface area contributed by atoms with Gasteiger partial charge in [-0.05, 0) is 62.2 Å². The largest absolute Gasteiger partial charge is 0.483 e. The summed E-state index contributed by atoms with van der Waals surface area (Å²) in [5, 5.41) is 6.86. The molecule has 0 spiro atoms. The normalized spacial score (nSPS) is 11.2. The van der Waals surface area contributed by atoms with E-state index in [1.54, 1.807) is 37.3 Å². The van der Waals surface area contributed by atoms with E-state index in [1.165, 1.54) is 11.3 Å². The molecule has 0 bridgehead atoms. The van der Waals surface area contributed by atoms with Gasteiger partial charge < -0.3 is 10.1 Å². The zero-order valence-electron chi connectivity index (χ0n) is 17.4. The van der Waals surface area contributed by atoms with Crippen LogP contribution in [0.5, 0.6) is 5.75 Å². The Morgan fingerprint density at radius 3 is 2.58 bits per heavy atom. The summed E-state index contributed by atoms with van der Waals surface area (Å²) in [6.07, 6.45) is 0. The molecule has 0 aliphatic carbocycles. The van der Waals surface area contributed by atoms with Crippen molar-refractivity contribution in [2.24, 2.45) is 5.10 Å². The summed E-state index contributed by atoms with van der Waals surface area (Å²) in [6.45, 7) is 5.53. The van der Waals surface area contributed by atoms with E-state index in [4.69, 9.17) is 16.3 Å². The quantitative estimate of drug-likeness (QED) is 0.380. The number of nitrogens with one attached hydrogen (secondary N) is 2. The number of aryl methyl sites for hydroxylation is 1. The number of anilines is 1. The van der Waals surface area contributed by atoms with E-state index in [0.29, 0.717) is 27.0 Å². The van der Waals surface area contributed by atoms with Crippen molar-refractivity contribution >= 4 is 46.2 Å². The number of amides is 2. The fourth-order valence-corrected chi connectivity index (χ4v) is 3.75. The molecule has 31 heavy (non-hydrogen) atoms. The lowest BCUT2D eigenvalue weighted by molar-refractivity contribution is -0.118. The third-order valence-electron chi connectivity index (χ3n) is 4.61. The predicted octanol–water partition coefficient (Wildman–Crippen LogP) is 5.19. The summed E-state index contributed by atoms with van der Waals surface area (Å²) in [7, 11) is 0. The number of hydrogen-bond acceptors (Lipinski definition) is 5. The van der Waals surface area contributed by atoms with Gasteiger partial charge in [-0.2, -0.15) is 5.10 Å². The number of para-hydroxylation sites is 1.